The molecule has 0 unspecified atom stereocenters. The smallest absolute Gasteiger partial charge is 0.269 e. The monoisotopic (exact) mass is 427 g/mol. The SMILES string of the molecule is CC[C@H]1Oc2c(F)cc(CN3CCN(c4ccc(C(=O)NC)nc4)CC3)cc2NC1=O. The number of pyridine rings is 1. The van der Waals surface area contributed by atoms with Gasteiger partial charge in [0.25, 0.3) is 11.8 Å². The Labute approximate surface area is 180 Å². The first-order valence-corrected chi connectivity index (χ1v) is 10.4. The van der Waals surface area contributed by atoms with Crippen molar-refractivity contribution < 1.29 is 18.7 Å². The number of aromatic nitrogens is 1. The molecular weight excluding hydrogens is 401 g/mol. The minimum atomic E-state index is -0.652. The van der Waals surface area contributed by atoms with E-state index in [2.05, 4.69) is 25.4 Å². The van der Waals surface area contributed by atoms with Crippen molar-refractivity contribution in [2.75, 3.05) is 43.4 Å². The number of benzene rings is 1. The Morgan fingerprint density at radius 3 is 2.71 bits per heavy atom. The summed E-state index contributed by atoms with van der Waals surface area (Å²) in [6.07, 6.45) is 1.55. The lowest BCUT2D eigenvalue weighted by Crippen LogP contribution is -2.46. The molecule has 2 aliphatic heterocycles. The molecule has 0 aliphatic carbocycles. The van der Waals surface area contributed by atoms with Gasteiger partial charge in [-0.3, -0.25) is 14.5 Å². The Morgan fingerprint density at radius 1 is 1.29 bits per heavy atom. The molecule has 2 aromatic rings. The van der Waals surface area contributed by atoms with Gasteiger partial charge in [0.2, 0.25) is 0 Å². The van der Waals surface area contributed by atoms with Gasteiger partial charge in [-0.05, 0) is 36.2 Å². The molecular formula is C22H26FN5O3. The van der Waals surface area contributed by atoms with Gasteiger partial charge in [0.1, 0.15) is 5.69 Å². The standard InChI is InChI=1S/C22H26FN5O3/c1-3-19-22(30)26-18-11-14(10-16(23)20(18)31-19)13-27-6-8-28(9-7-27)15-4-5-17(25-12-15)21(29)24-2/h4-5,10-12,19H,3,6-9,13H2,1-2H3,(H,24,29)(H,26,30)/t19-/m1/s1. The van der Waals surface area contributed by atoms with E-state index >= 15 is 0 Å². The first-order valence-electron chi connectivity index (χ1n) is 10.4. The van der Waals surface area contributed by atoms with Crippen molar-refractivity contribution in [2.24, 2.45) is 0 Å². The number of nitrogens with one attached hydrogen (secondary N) is 2. The predicted molar refractivity (Wildman–Crippen MR) is 115 cm³/mol. The minimum absolute atomic E-state index is 0.118. The van der Waals surface area contributed by atoms with Crippen LogP contribution in [0.1, 0.15) is 29.4 Å². The van der Waals surface area contributed by atoms with Crippen LogP contribution in [-0.4, -0.2) is 61.0 Å². The number of amides is 2. The van der Waals surface area contributed by atoms with Crippen LogP contribution < -0.4 is 20.3 Å². The first-order chi connectivity index (χ1) is 15.0. The minimum Gasteiger partial charge on any atom is -0.475 e. The molecule has 1 saturated heterocycles. The molecule has 2 N–H and O–H groups in total. The fourth-order valence-electron chi connectivity index (χ4n) is 3.89. The zero-order valence-corrected chi connectivity index (χ0v) is 17.7. The number of ether oxygens (including phenoxy) is 1. The zero-order chi connectivity index (χ0) is 22.0. The van der Waals surface area contributed by atoms with E-state index in [4.69, 9.17) is 4.74 Å². The van der Waals surface area contributed by atoms with Crippen molar-refractivity contribution >= 4 is 23.2 Å². The fraction of sp³-hybridized carbons (Fsp3) is 0.409. The summed E-state index contributed by atoms with van der Waals surface area (Å²) in [6.45, 7) is 5.61. The molecule has 2 amide bonds. The molecule has 0 spiro atoms. The fourth-order valence-corrected chi connectivity index (χ4v) is 3.89. The third kappa shape index (κ3) is 4.46. The van der Waals surface area contributed by atoms with Crippen molar-refractivity contribution in [3.8, 4) is 5.75 Å². The van der Waals surface area contributed by atoms with Crippen LogP contribution in [0.15, 0.2) is 30.5 Å². The number of anilines is 2. The molecule has 164 valence electrons. The third-order valence-electron chi connectivity index (χ3n) is 5.64. The molecule has 0 radical (unpaired) electrons. The van der Waals surface area contributed by atoms with Crippen molar-refractivity contribution in [2.45, 2.75) is 26.0 Å². The Morgan fingerprint density at radius 2 is 2.06 bits per heavy atom. The molecule has 1 atom stereocenters. The van der Waals surface area contributed by atoms with Crippen LogP contribution >= 0.6 is 0 Å². The Balaban J connectivity index is 1.37. The van der Waals surface area contributed by atoms with E-state index in [-0.39, 0.29) is 17.6 Å². The van der Waals surface area contributed by atoms with Crippen LogP contribution in [0, 0.1) is 5.82 Å². The maximum absolute atomic E-state index is 14.6. The van der Waals surface area contributed by atoms with Gasteiger partial charge >= 0.3 is 0 Å². The molecule has 1 aromatic heterocycles. The van der Waals surface area contributed by atoms with E-state index in [1.165, 1.54) is 6.07 Å². The lowest BCUT2D eigenvalue weighted by Gasteiger charge is -2.36. The van der Waals surface area contributed by atoms with Gasteiger partial charge in [-0.15, -0.1) is 0 Å². The van der Waals surface area contributed by atoms with E-state index in [1.54, 1.807) is 25.4 Å². The summed E-state index contributed by atoms with van der Waals surface area (Å²) in [7, 11) is 1.58. The van der Waals surface area contributed by atoms with E-state index in [0.717, 1.165) is 37.4 Å². The lowest BCUT2D eigenvalue weighted by molar-refractivity contribution is -0.123. The van der Waals surface area contributed by atoms with Crippen molar-refractivity contribution in [1.29, 1.82) is 0 Å². The Kier molecular flexibility index (Phi) is 6.03. The number of fused-ring (bicyclic) bond motifs is 1. The number of hydrogen-bond donors (Lipinski definition) is 2. The number of piperazine rings is 1. The van der Waals surface area contributed by atoms with Crippen molar-refractivity contribution in [1.82, 2.24) is 15.2 Å². The van der Waals surface area contributed by atoms with Crippen LogP contribution in [0.4, 0.5) is 15.8 Å². The highest BCUT2D eigenvalue weighted by molar-refractivity contribution is 5.97. The van der Waals surface area contributed by atoms with Crippen molar-refractivity contribution in [3.05, 3.63) is 47.5 Å². The van der Waals surface area contributed by atoms with E-state index < -0.39 is 11.9 Å². The van der Waals surface area contributed by atoms with Crippen LogP contribution in [0.3, 0.4) is 0 Å². The summed E-state index contributed by atoms with van der Waals surface area (Å²) in [5.41, 5.74) is 2.55. The highest BCUT2D eigenvalue weighted by atomic mass is 19.1. The second-order valence-corrected chi connectivity index (χ2v) is 7.70. The average Bonchev–Trinajstić information content (AvgIpc) is 2.79. The molecule has 0 bridgehead atoms. The summed E-state index contributed by atoms with van der Waals surface area (Å²) < 4.78 is 20.1. The Hall–Kier alpha value is -3.20. The molecule has 2 aliphatic rings. The second-order valence-electron chi connectivity index (χ2n) is 7.70. The molecule has 0 saturated carbocycles. The quantitative estimate of drug-likeness (QED) is 0.759. The zero-order valence-electron chi connectivity index (χ0n) is 17.7. The molecule has 31 heavy (non-hydrogen) atoms. The van der Waals surface area contributed by atoms with Crippen molar-refractivity contribution in [3.63, 3.8) is 0 Å². The third-order valence-corrected chi connectivity index (χ3v) is 5.64. The van der Waals surface area contributed by atoms with Gasteiger partial charge in [0, 0.05) is 39.8 Å². The number of halogens is 1. The van der Waals surface area contributed by atoms with Crippen LogP contribution in [0.2, 0.25) is 0 Å². The molecule has 1 fully saturated rings. The van der Waals surface area contributed by atoms with Crippen LogP contribution in [0.5, 0.6) is 5.75 Å². The Bertz CT molecular complexity index is 974. The van der Waals surface area contributed by atoms with Gasteiger partial charge in [-0.1, -0.05) is 6.92 Å². The summed E-state index contributed by atoms with van der Waals surface area (Å²) >= 11 is 0. The number of rotatable bonds is 5. The lowest BCUT2D eigenvalue weighted by atomic mass is 10.1. The molecule has 1 aromatic carbocycles. The largest absolute Gasteiger partial charge is 0.475 e. The maximum atomic E-state index is 14.6. The molecule has 3 heterocycles. The van der Waals surface area contributed by atoms with E-state index in [0.29, 0.717) is 24.3 Å². The first kappa shape index (κ1) is 21.0. The maximum Gasteiger partial charge on any atom is 0.269 e. The number of carbonyl (C=O) groups excluding carboxylic acids is 2. The number of hydrogen-bond acceptors (Lipinski definition) is 6. The van der Waals surface area contributed by atoms with Gasteiger partial charge in [0.05, 0.1) is 17.6 Å². The molecule has 8 nitrogen and oxygen atoms in total. The number of nitrogens with zero attached hydrogens (tertiary/aromatic N) is 3. The van der Waals surface area contributed by atoms with Gasteiger partial charge in [-0.25, -0.2) is 9.37 Å². The van der Waals surface area contributed by atoms with Crippen LogP contribution in [0.25, 0.3) is 0 Å². The summed E-state index contributed by atoms with van der Waals surface area (Å²) in [4.78, 5) is 32.4. The average molecular weight is 427 g/mol. The van der Waals surface area contributed by atoms with E-state index in [1.807, 2.05) is 13.0 Å². The van der Waals surface area contributed by atoms with E-state index in [9.17, 15) is 14.0 Å². The normalized spacial score (nSPS) is 18.7. The summed E-state index contributed by atoms with van der Waals surface area (Å²) in [5, 5.41) is 5.32. The highest BCUT2D eigenvalue weighted by Gasteiger charge is 2.29. The van der Waals surface area contributed by atoms with Crippen LogP contribution in [-0.2, 0) is 11.3 Å². The summed E-state index contributed by atoms with van der Waals surface area (Å²) in [6, 6.07) is 6.89. The topological polar surface area (TPSA) is 86.8 Å². The predicted octanol–water partition coefficient (Wildman–Crippen LogP) is 2.01. The summed E-state index contributed by atoms with van der Waals surface area (Å²) in [5.74, 6) is -0.781. The highest BCUT2D eigenvalue weighted by Crippen LogP contribution is 2.34. The van der Waals surface area contributed by atoms with Gasteiger partial charge in [-0.2, -0.15) is 0 Å². The number of carbonyl (C=O) groups is 2. The van der Waals surface area contributed by atoms with Gasteiger partial charge < -0.3 is 20.3 Å². The molecule has 9 heteroatoms. The van der Waals surface area contributed by atoms with Gasteiger partial charge in [0.15, 0.2) is 17.7 Å². The second kappa shape index (κ2) is 8.89. The molecule has 4 rings (SSSR count).